The van der Waals surface area contributed by atoms with Crippen molar-refractivity contribution in [2.24, 2.45) is 0 Å². The number of carbonyl (C=O) groups excluding carboxylic acids is 1. The van der Waals surface area contributed by atoms with Crippen molar-refractivity contribution in [2.45, 2.75) is 26.8 Å². The van der Waals surface area contributed by atoms with Crippen LogP contribution in [0.5, 0.6) is 0 Å². The van der Waals surface area contributed by atoms with Crippen LogP contribution in [0.1, 0.15) is 43.7 Å². The number of thiophene rings is 1. The highest BCUT2D eigenvalue weighted by molar-refractivity contribution is 7.16. The van der Waals surface area contributed by atoms with Crippen molar-refractivity contribution in [3.8, 4) is 0 Å². The standard InChI is InChI=1S/C24H29N3O2S/c1-16-7-9-19(10-8-16)22(27-13-11-26(4)12-14-27)21-17(2)18(3)30-24(21)25-23(28)20-6-5-15-29-20/h5-10,15,22H,11-14H2,1-4H3,(H,25,28)/t22-/m1/s1. The average Bonchev–Trinajstić information content (AvgIpc) is 3.36. The fourth-order valence-electron chi connectivity index (χ4n) is 4.03. The van der Waals surface area contributed by atoms with E-state index in [1.54, 1.807) is 23.5 Å². The predicted molar refractivity (Wildman–Crippen MR) is 123 cm³/mol. The van der Waals surface area contributed by atoms with Crippen molar-refractivity contribution < 1.29 is 9.21 Å². The lowest BCUT2D eigenvalue weighted by Gasteiger charge is -2.39. The fourth-order valence-corrected chi connectivity index (χ4v) is 5.12. The van der Waals surface area contributed by atoms with Crippen LogP contribution >= 0.6 is 11.3 Å². The molecule has 1 atom stereocenters. The summed E-state index contributed by atoms with van der Waals surface area (Å²) in [6, 6.07) is 12.3. The molecule has 1 amide bonds. The molecule has 0 spiro atoms. The van der Waals surface area contributed by atoms with Crippen molar-refractivity contribution in [1.29, 1.82) is 0 Å². The Hall–Kier alpha value is -2.41. The number of amides is 1. The summed E-state index contributed by atoms with van der Waals surface area (Å²) in [6.45, 7) is 10.5. The highest BCUT2D eigenvalue weighted by Crippen LogP contribution is 2.42. The number of furan rings is 1. The van der Waals surface area contributed by atoms with Gasteiger partial charge in [-0.1, -0.05) is 29.8 Å². The van der Waals surface area contributed by atoms with Gasteiger partial charge >= 0.3 is 0 Å². The van der Waals surface area contributed by atoms with Gasteiger partial charge in [0.15, 0.2) is 5.76 Å². The SMILES string of the molecule is Cc1ccc([C@H](c2c(NC(=O)c3ccco3)sc(C)c2C)N2CCN(C)CC2)cc1. The molecule has 1 aliphatic rings. The highest BCUT2D eigenvalue weighted by atomic mass is 32.1. The van der Waals surface area contributed by atoms with Crippen LogP contribution < -0.4 is 5.32 Å². The molecule has 1 fully saturated rings. The van der Waals surface area contributed by atoms with E-state index in [1.807, 2.05) is 0 Å². The smallest absolute Gasteiger partial charge is 0.291 e. The van der Waals surface area contributed by atoms with Gasteiger partial charge in [0.25, 0.3) is 5.91 Å². The maximum atomic E-state index is 12.8. The predicted octanol–water partition coefficient (Wildman–Crippen LogP) is 4.86. The number of rotatable bonds is 5. The summed E-state index contributed by atoms with van der Waals surface area (Å²) < 4.78 is 5.31. The summed E-state index contributed by atoms with van der Waals surface area (Å²) in [5.74, 6) is 0.125. The zero-order valence-corrected chi connectivity index (χ0v) is 18.9. The molecule has 1 saturated heterocycles. The molecule has 4 rings (SSSR count). The minimum absolute atomic E-state index is 0.108. The van der Waals surface area contributed by atoms with E-state index in [0.29, 0.717) is 5.76 Å². The molecule has 0 bridgehead atoms. The van der Waals surface area contributed by atoms with Gasteiger partial charge < -0.3 is 14.6 Å². The number of likely N-dealkylation sites (N-methyl/N-ethyl adjacent to an activating group) is 1. The molecule has 1 aromatic carbocycles. The quantitative estimate of drug-likeness (QED) is 0.637. The summed E-state index contributed by atoms with van der Waals surface area (Å²) in [5.41, 5.74) is 4.96. The van der Waals surface area contributed by atoms with Crippen LogP contribution in [-0.2, 0) is 0 Å². The summed E-state index contributed by atoms with van der Waals surface area (Å²) >= 11 is 1.65. The van der Waals surface area contributed by atoms with Crippen LogP contribution in [-0.4, -0.2) is 48.9 Å². The zero-order chi connectivity index (χ0) is 21.3. The van der Waals surface area contributed by atoms with Crippen LogP contribution in [0.4, 0.5) is 5.00 Å². The Kier molecular flexibility index (Phi) is 6.09. The van der Waals surface area contributed by atoms with Crippen molar-refractivity contribution in [2.75, 3.05) is 38.5 Å². The molecule has 3 heterocycles. The van der Waals surface area contributed by atoms with Gasteiger partial charge in [-0.3, -0.25) is 9.69 Å². The third-order valence-electron chi connectivity index (χ3n) is 5.97. The number of anilines is 1. The Labute approximate surface area is 182 Å². The molecule has 0 unspecified atom stereocenters. The topological polar surface area (TPSA) is 48.7 Å². The molecular formula is C24H29N3O2S. The molecule has 6 heteroatoms. The van der Waals surface area contributed by atoms with Crippen LogP contribution in [0.25, 0.3) is 0 Å². The molecule has 0 radical (unpaired) electrons. The van der Waals surface area contributed by atoms with E-state index in [9.17, 15) is 4.79 Å². The van der Waals surface area contributed by atoms with E-state index in [4.69, 9.17) is 4.42 Å². The molecule has 2 aromatic heterocycles. The Bertz CT molecular complexity index is 1000. The molecule has 0 saturated carbocycles. The number of hydrogen-bond acceptors (Lipinski definition) is 5. The molecule has 5 nitrogen and oxygen atoms in total. The number of benzene rings is 1. The Morgan fingerprint density at radius 2 is 1.77 bits per heavy atom. The van der Waals surface area contributed by atoms with Crippen molar-refractivity contribution in [1.82, 2.24) is 9.80 Å². The van der Waals surface area contributed by atoms with Gasteiger partial charge in [-0.25, -0.2) is 0 Å². The first-order chi connectivity index (χ1) is 14.4. The van der Waals surface area contributed by atoms with Gasteiger partial charge in [0.05, 0.1) is 12.3 Å². The van der Waals surface area contributed by atoms with Crippen LogP contribution in [0.15, 0.2) is 47.1 Å². The molecule has 0 aliphatic carbocycles. The first kappa shape index (κ1) is 20.8. The molecule has 1 N–H and O–H groups in total. The van der Waals surface area contributed by atoms with Gasteiger partial charge in [-0.15, -0.1) is 11.3 Å². The first-order valence-electron chi connectivity index (χ1n) is 10.4. The van der Waals surface area contributed by atoms with Gasteiger partial charge in [-0.05, 0) is 51.1 Å². The number of nitrogens with zero attached hydrogens (tertiary/aromatic N) is 2. The van der Waals surface area contributed by atoms with Crippen LogP contribution in [0.3, 0.4) is 0 Å². The third-order valence-corrected chi connectivity index (χ3v) is 7.11. The summed E-state index contributed by atoms with van der Waals surface area (Å²) in [7, 11) is 2.17. The summed E-state index contributed by atoms with van der Waals surface area (Å²) in [4.78, 5) is 18.9. The zero-order valence-electron chi connectivity index (χ0n) is 18.1. The van der Waals surface area contributed by atoms with Gasteiger partial charge in [-0.2, -0.15) is 0 Å². The van der Waals surface area contributed by atoms with Gasteiger partial charge in [0, 0.05) is 36.6 Å². The number of piperazine rings is 1. The van der Waals surface area contributed by atoms with Gasteiger partial charge in [0.1, 0.15) is 5.00 Å². The van der Waals surface area contributed by atoms with Gasteiger partial charge in [0.2, 0.25) is 0 Å². The lowest BCUT2D eigenvalue weighted by molar-refractivity contribution is 0.0996. The average molecular weight is 424 g/mol. The first-order valence-corrected chi connectivity index (χ1v) is 11.2. The maximum Gasteiger partial charge on any atom is 0.291 e. The number of nitrogens with one attached hydrogen (secondary N) is 1. The fraction of sp³-hybridized carbons (Fsp3) is 0.375. The largest absolute Gasteiger partial charge is 0.459 e. The second-order valence-electron chi connectivity index (χ2n) is 8.11. The minimum atomic E-state index is -0.205. The van der Waals surface area contributed by atoms with E-state index in [2.05, 4.69) is 67.2 Å². The Morgan fingerprint density at radius 3 is 2.40 bits per heavy atom. The third kappa shape index (κ3) is 4.21. The molecule has 158 valence electrons. The van der Waals surface area contributed by atoms with E-state index >= 15 is 0 Å². The number of aryl methyl sites for hydroxylation is 2. The molecule has 30 heavy (non-hydrogen) atoms. The minimum Gasteiger partial charge on any atom is -0.459 e. The summed E-state index contributed by atoms with van der Waals surface area (Å²) in [6.07, 6.45) is 1.53. The van der Waals surface area contributed by atoms with E-state index in [0.717, 1.165) is 31.2 Å². The molecule has 3 aromatic rings. The van der Waals surface area contributed by atoms with E-state index < -0.39 is 0 Å². The van der Waals surface area contributed by atoms with Crippen molar-refractivity contribution in [3.63, 3.8) is 0 Å². The number of carbonyl (C=O) groups is 1. The van der Waals surface area contributed by atoms with Crippen LogP contribution in [0.2, 0.25) is 0 Å². The second-order valence-corrected chi connectivity index (χ2v) is 9.33. The Balaban J connectivity index is 1.76. The highest BCUT2D eigenvalue weighted by Gasteiger charge is 2.31. The second kappa shape index (κ2) is 8.76. The van der Waals surface area contributed by atoms with E-state index in [1.165, 1.54) is 33.4 Å². The maximum absolute atomic E-state index is 12.8. The molecular weight excluding hydrogens is 394 g/mol. The monoisotopic (exact) mass is 423 g/mol. The molecule has 1 aliphatic heterocycles. The number of hydrogen-bond donors (Lipinski definition) is 1. The van der Waals surface area contributed by atoms with Crippen molar-refractivity contribution in [3.05, 3.63) is 75.6 Å². The lowest BCUT2D eigenvalue weighted by atomic mass is 9.93. The van der Waals surface area contributed by atoms with E-state index in [-0.39, 0.29) is 11.9 Å². The van der Waals surface area contributed by atoms with Crippen LogP contribution in [0, 0.1) is 20.8 Å². The lowest BCUT2D eigenvalue weighted by Crippen LogP contribution is -2.46. The van der Waals surface area contributed by atoms with Crippen molar-refractivity contribution >= 4 is 22.2 Å². The Morgan fingerprint density at radius 1 is 1.07 bits per heavy atom. The normalized spacial score (nSPS) is 16.5. The summed E-state index contributed by atoms with van der Waals surface area (Å²) in [5, 5.41) is 4.05.